The quantitative estimate of drug-likeness (QED) is 0.561. The third kappa shape index (κ3) is 3.51. The zero-order valence-electron chi connectivity index (χ0n) is 16.1. The molecule has 1 saturated heterocycles. The van der Waals surface area contributed by atoms with Gasteiger partial charge in [0.25, 0.3) is 5.91 Å². The number of carbonyl (C=O) groups is 1. The molecule has 0 aliphatic carbocycles. The second-order valence-electron chi connectivity index (χ2n) is 7.54. The number of rotatable bonds is 3. The Kier molecular flexibility index (Phi) is 4.56. The molecule has 0 spiro atoms. The Morgan fingerprint density at radius 3 is 2.83 bits per heavy atom. The van der Waals surface area contributed by atoms with Crippen LogP contribution in [-0.4, -0.2) is 38.8 Å². The lowest BCUT2D eigenvalue weighted by Gasteiger charge is -2.32. The molecule has 29 heavy (non-hydrogen) atoms. The third-order valence-electron chi connectivity index (χ3n) is 5.63. The summed E-state index contributed by atoms with van der Waals surface area (Å²) in [5, 5.41) is 0. The van der Waals surface area contributed by atoms with Crippen LogP contribution in [0.15, 0.2) is 73.1 Å². The Balaban J connectivity index is 1.37. The highest BCUT2D eigenvalue weighted by Gasteiger charge is 2.26. The van der Waals surface area contributed by atoms with Gasteiger partial charge in [0.15, 0.2) is 0 Å². The number of hydrogen-bond acceptors (Lipinski definition) is 3. The molecule has 4 aromatic rings. The van der Waals surface area contributed by atoms with E-state index in [1.165, 1.54) is 0 Å². The molecule has 0 bridgehead atoms. The van der Waals surface area contributed by atoms with Gasteiger partial charge in [0.2, 0.25) is 0 Å². The van der Waals surface area contributed by atoms with E-state index in [0.717, 1.165) is 47.4 Å². The molecule has 1 amide bonds. The fourth-order valence-electron chi connectivity index (χ4n) is 4.10. The molecule has 1 unspecified atom stereocenters. The van der Waals surface area contributed by atoms with Gasteiger partial charge in [0.05, 0.1) is 23.1 Å². The average molecular weight is 382 g/mol. The Bertz CT molecular complexity index is 1150. The summed E-state index contributed by atoms with van der Waals surface area (Å²) < 4.78 is 0. The molecule has 5 nitrogen and oxygen atoms in total. The molecule has 2 aromatic heterocycles. The van der Waals surface area contributed by atoms with E-state index >= 15 is 0 Å². The van der Waals surface area contributed by atoms with Gasteiger partial charge in [-0.3, -0.25) is 9.78 Å². The number of nitrogens with one attached hydrogen (secondary N) is 1. The van der Waals surface area contributed by atoms with Crippen molar-refractivity contribution in [2.75, 3.05) is 13.1 Å². The van der Waals surface area contributed by atoms with Gasteiger partial charge in [0, 0.05) is 35.8 Å². The number of amides is 1. The van der Waals surface area contributed by atoms with Crippen LogP contribution in [0.4, 0.5) is 0 Å². The first-order chi connectivity index (χ1) is 14.3. The van der Waals surface area contributed by atoms with Crippen molar-refractivity contribution in [1.82, 2.24) is 19.9 Å². The molecule has 5 rings (SSSR count). The highest BCUT2D eigenvalue weighted by Crippen LogP contribution is 2.28. The van der Waals surface area contributed by atoms with E-state index in [0.29, 0.717) is 12.1 Å². The molecule has 1 N–H and O–H groups in total. The predicted molar refractivity (Wildman–Crippen MR) is 114 cm³/mol. The molecule has 2 aromatic carbocycles. The monoisotopic (exact) mass is 382 g/mol. The maximum Gasteiger partial charge on any atom is 0.253 e. The van der Waals surface area contributed by atoms with Crippen LogP contribution in [0.3, 0.4) is 0 Å². The van der Waals surface area contributed by atoms with Crippen molar-refractivity contribution < 1.29 is 4.79 Å². The number of likely N-dealkylation sites (tertiary alicyclic amines) is 1. The van der Waals surface area contributed by atoms with Crippen molar-refractivity contribution in [3.8, 4) is 11.3 Å². The molecule has 144 valence electrons. The Morgan fingerprint density at radius 1 is 1.03 bits per heavy atom. The van der Waals surface area contributed by atoms with Gasteiger partial charge < -0.3 is 9.88 Å². The van der Waals surface area contributed by atoms with Gasteiger partial charge >= 0.3 is 0 Å². The zero-order chi connectivity index (χ0) is 19.6. The maximum absolute atomic E-state index is 13.1. The first-order valence-corrected chi connectivity index (χ1v) is 10.0. The van der Waals surface area contributed by atoms with Crippen molar-refractivity contribution in [3.05, 3.63) is 84.3 Å². The second kappa shape index (κ2) is 7.51. The highest BCUT2D eigenvalue weighted by atomic mass is 16.2. The number of imidazole rings is 1. The van der Waals surface area contributed by atoms with Crippen LogP contribution in [0, 0.1) is 0 Å². The fraction of sp³-hybridized carbons (Fsp3) is 0.208. The number of pyridine rings is 1. The second-order valence-corrected chi connectivity index (χ2v) is 7.54. The van der Waals surface area contributed by atoms with E-state index in [-0.39, 0.29) is 11.8 Å². The maximum atomic E-state index is 13.1. The third-order valence-corrected chi connectivity index (χ3v) is 5.63. The Morgan fingerprint density at radius 2 is 1.93 bits per heavy atom. The number of carbonyl (C=O) groups excluding carboxylic acids is 1. The van der Waals surface area contributed by atoms with Gasteiger partial charge in [-0.25, -0.2) is 4.98 Å². The van der Waals surface area contributed by atoms with Crippen LogP contribution >= 0.6 is 0 Å². The topological polar surface area (TPSA) is 61.9 Å². The summed E-state index contributed by atoms with van der Waals surface area (Å²) >= 11 is 0. The number of fused-ring (bicyclic) bond motifs is 1. The standard InChI is InChI=1S/C24H22N4O/c29-24(18-11-12-22-23(14-18)26-16-25-22)28-13-5-8-19(15-28)21-10-4-9-20(27-21)17-6-2-1-3-7-17/h1-4,6-7,9-12,14,16,19H,5,8,13,15H2,(H,25,26). The number of aromatic nitrogens is 3. The number of hydrogen-bond donors (Lipinski definition) is 1. The normalized spacial score (nSPS) is 16.8. The minimum absolute atomic E-state index is 0.0745. The number of piperidine rings is 1. The summed E-state index contributed by atoms with van der Waals surface area (Å²) in [6.45, 7) is 1.49. The van der Waals surface area contributed by atoms with Gasteiger partial charge in [-0.15, -0.1) is 0 Å². The van der Waals surface area contributed by atoms with E-state index in [1.54, 1.807) is 6.33 Å². The summed E-state index contributed by atoms with van der Waals surface area (Å²) in [5.41, 5.74) is 5.63. The first-order valence-electron chi connectivity index (χ1n) is 10.0. The van der Waals surface area contributed by atoms with Crippen molar-refractivity contribution in [3.63, 3.8) is 0 Å². The predicted octanol–water partition coefficient (Wildman–Crippen LogP) is 4.64. The lowest BCUT2D eigenvalue weighted by molar-refractivity contribution is 0.0706. The first kappa shape index (κ1) is 17.6. The van der Waals surface area contributed by atoms with Crippen LogP contribution in [-0.2, 0) is 0 Å². The van der Waals surface area contributed by atoms with E-state index in [1.807, 2.05) is 47.4 Å². The summed E-state index contributed by atoms with van der Waals surface area (Å²) in [7, 11) is 0. The molecule has 1 aliphatic rings. The number of benzene rings is 2. The van der Waals surface area contributed by atoms with Crippen molar-refractivity contribution >= 4 is 16.9 Å². The van der Waals surface area contributed by atoms with E-state index < -0.39 is 0 Å². The lowest BCUT2D eigenvalue weighted by atomic mass is 9.93. The Hall–Kier alpha value is -3.47. The minimum Gasteiger partial charge on any atom is -0.345 e. The van der Waals surface area contributed by atoms with Crippen LogP contribution < -0.4 is 0 Å². The summed E-state index contributed by atoms with van der Waals surface area (Å²) in [4.78, 5) is 27.3. The van der Waals surface area contributed by atoms with Crippen molar-refractivity contribution in [2.45, 2.75) is 18.8 Å². The molecular formula is C24H22N4O. The minimum atomic E-state index is 0.0745. The SMILES string of the molecule is O=C(c1ccc2nc[nH]c2c1)N1CCCC(c2cccc(-c3ccccc3)n2)C1. The van der Waals surface area contributed by atoms with Crippen molar-refractivity contribution in [1.29, 1.82) is 0 Å². The number of H-pyrrole nitrogens is 1. The number of nitrogens with zero attached hydrogens (tertiary/aromatic N) is 3. The van der Waals surface area contributed by atoms with Crippen LogP contribution in [0.5, 0.6) is 0 Å². The molecule has 3 heterocycles. The van der Waals surface area contributed by atoms with Gasteiger partial charge in [-0.2, -0.15) is 0 Å². The lowest BCUT2D eigenvalue weighted by Crippen LogP contribution is -2.39. The van der Waals surface area contributed by atoms with E-state index in [4.69, 9.17) is 4.98 Å². The summed E-state index contributed by atoms with van der Waals surface area (Å²) in [6.07, 6.45) is 3.69. The molecule has 1 aliphatic heterocycles. The molecular weight excluding hydrogens is 360 g/mol. The molecule has 0 saturated carbocycles. The van der Waals surface area contributed by atoms with E-state index in [9.17, 15) is 4.79 Å². The molecule has 1 atom stereocenters. The summed E-state index contributed by atoms with van der Waals surface area (Å²) in [6, 6.07) is 22.1. The smallest absolute Gasteiger partial charge is 0.253 e. The fourth-order valence-corrected chi connectivity index (χ4v) is 4.10. The molecule has 1 fully saturated rings. The van der Waals surface area contributed by atoms with E-state index in [2.05, 4.69) is 34.2 Å². The highest BCUT2D eigenvalue weighted by molar-refractivity contribution is 5.97. The van der Waals surface area contributed by atoms with Gasteiger partial charge in [-0.1, -0.05) is 36.4 Å². The van der Waals surface area contributed by atoms with Crippen LogP contribution in [0.1, 0.15) is 34.8 Å². The van der Waals surface area contributed by atoms with Crippen molar-refractivity contribution in [2.24, 2.45) is 0 Å². The van der Waals surface area contributed by atoms with Gasteiger partial charge in [0.1, 0.15) is 0 Å². The molecule has 0 radical (unpaired) electrons. The van der Waals surface area contributed by atoms with Crippen LogP contribution in [0.25, 0.3) is 22.3 Å². The van der Waals surface area contributed by atoms with Gasteiger partial charge in [-0.05, 0) is 43.2 Å². The zero-order valence-corrected chi connectivity index (χ0v) is 16.1. The molecule has 5 heteroatoms. The Labute approximate surface area is 169 Å². The largest absolute Gasteiger partial charge is 0.345 e. The average Bonchev–Trinajstić information content (AvgIpc) is 3.27. The van der Waals surface area contributed by atoms with Crippen LogP contribution in [0.2, 0.25) is 0 Å². The number of aromatic amines is 1. The summed E-state index contributed by atoms with van der Waals surface area (Å²) in [5.74, 6) is 0.331.